The van der Waals surface area contributed by atoms with Gasteiger partial charge in [-0.15, -0.1) is 0 Å². The van der Waals surface area contributed by atoms with Crippen LogP contribution in [0.2, 0.25) is 0 Å². The number of piperazine rings is 1. The Labute approximate surface area is 250 Å². The first kappa shape index (κ1) is 28.7. The molecule has 2 aromatic heterocycles. The molecule has 2 amide bonds. The van der Waals surface area contributed by atoms with E-state index in [0.717, 1.165) is 42.5 Å². The summed E-state index contributed by atoms with van der Waals surface area (Å²) in [6.07, 6.45) is 5.22. The number of alkyl carbamates (subject to hydrolysis) is 1. The van der Waals surface area contributed by atoms with Crippen LogP contribution in [0.3, 0.4) is 0 Å². The van der Waals surface area contributed by atoms with Crippen LogP contribution in [-0.2, 0) is 4.74 Å². The fourth-order valence-corrected chi connectivity index (χ4v) is 6.23. The minimum absolute atomic E-state index is 0.0645. The Kier molecular flexibility index (Phi) is 8.59. The second-order valence-corrected chi connectivity index (χ2v) is 11.1. The summed E-state index contributed by atoms with van der Waals surface area (Å²) in [7, 11) is 1.56. The van der Waals surface area contributed by atoms with Crippen LogP contribution in [0, 0.1) is 6.92 Å². The number of nitrogens with one attached hydrogen (secondary N) is 2. The number of hydrogen-bond donors (Lipinski definition) is 2. The van der Waals surface area contributed by atoms with Crippen LogP contribution in [-0.4, -0.2) is 76.9 Å². The van der Waals surface area contributed by atoms with E-state index < -0.39 is 6.09 Å². The number of rotatable bonds is 8. The Morgan fingerprint density at radius 1 is 1.14 bits per heavy atom. The molecule has 1 saturated carbocycles. The molecule has 11 nitrogen and oxygen atoms in total. The van der Waals surface area contributed by atoms with Crippen molar-refractivity contribution in [1.82, 2.24) is 30.1 Å². The van der Waals surface area contributed by atoms with Gasteiger partial charge in [0.05, 0.1) is 24.7 Å². The van der Waals surface area contributed by atoms with E-state index in [4.69, 9.17) is 18.9 Å². The molecule has 0 bridgehead atoms. The van der Waals surface area contributed by atoms with Gasteiger partial charge in [-0.05, 0) is 31.4 Å². The van der Waals surface area contributed by atoms with E-state index in [1.54, 1.807) is 13.4 Å². The number of ether oxygens (including phenoxy) is 2. The first-order valence-electron chi connectivity index (χ1n) is 15.0. The number of aryl methyl sites for hydroxylation is 1. The smallest absolute Gasteiger partial charge is 0.407 e. The molecular weight excluding hydrogens is 548 g/mol. The van der Waals surface area contributed by atoms with Gasteiger partial charge in [-0.1, -0.05) is 36.8 Å². The molecule has 3 atom stereocenters. The average molecular weight is 587 g/mol. The Morgan fingerprint density at radius 2 is 1.98 bits per heavy atom. The molecule has 43 heavy (non-hydrogen) atoms. The van der Waals surface area contributed by atoms with Crippen molar-refractivity contribution in [1.29, 1.82) is 0 Å². The largest absolute Gasteiger partial charge is 0.493 e. The third-order valence-electron chi connectivity index (χ3n) is 8.33. The number of carbonyl (C=O) groups excluding carboxylic acids is 2. The molecular formula is C32H38N6O5. The van der Waals surface area contributed by atoms with Crippen LogP contribution in [0.25, 0.3) is 22.4 Å². The highest BCUT2D eigenvalue weighted by Crippen LogP contribution is 2.36. The highest BCUT2D eigenvalue weighted by Gasteiger charge is 2.35. The number of aromatic nitrogens is 3. The molecule has 1 aliphatic heterocycles. The fourth-order valence-electron chi connectivity index (χ4n) is 6.23. The third kappa shape index (κ3) is 6.22. The van der Waals surface area contributed by atoms with Gasteiger partial charge in [-0.25, -0.2) is 14.8 Å². The van der Waals surface area contributed by atoms with Crippen molar-refractivity contribution < 1.29 is 23.5 Å². The highest BCUT2D eigenvalue weighted by molar-refractivity contribution is 5.98. The van der Waals surface area contributed by atoms with Gasteiger partial charge < -0.3 is 34.0 Å². The number of nitrogens with zero attached hydrogens (tertiary/aromatic N) is 4. The zero-order valence-corrected chi connectivity index (χ0v) is 24.6. The van der Waals surface area contributed by atoms with Crippen molar-refractivity contribution in [3.05, 3.63) is 66.4 Å². The van der Waals surface area contributed by atoms with Gasteiger partial charge in [0, 0.05) is 57.7 Å². The standard InChI is InChI=1S/C32H38N6O5/c1-21-36-25-13-12-24(18-28(25)42-21)41-17-14-23-19-34-15-16-37(23)31(39)29-30(22-8-4-3-5-9-22)38(20-35-29)26-10-6-7-11-27(26)43-32(40)33-2/h3-5,8-9,12-13,18,20,23,26-27,34H,6-7,10-11,14-17,19H2,1-2H3,(H,33,40)/t23-,26+,27+/m1/s1. The second kappa shape index (κ2) is 12.9. The summed E-state index contributed by atoms with van der Waals surface area (Å²) in [4.78, 5) is 37.4. The van der Waals surface area contributed by atoms with Crippen molar-refractivity contribution in [3.8, 4) is 17.0 Å². The fraction of sp³-hybridized carbons (Fsp3) is 0.438. The van der Waals surface area contributed by atoms with Crippen LogP contribution < -0.4 is 15.4 Å². The van der Waals surface area contributed by atoms with Crippen molar-refractivity contribution in [2.75, 3.05) is 33.3 Å². The van der Waals surface area contributed by atoms with Gasteiger partial charge in [0.25, 0.3) is 5.91 Å². The summed E-state index contributed by atoms with van der Waals surface area (Å²) in [5.41, 5.74) is 3.56. The SMILES string of the molecule is CNC(=O)O[C@H]1CCCC[C@@H]1n1cnc(C(=O)N2CCNC[C@H]2CCOc2ccc3nc(C)oc3c2)c1-c1ccccc1. The summed E-state index contributed by atoms with van der Waals surface area (Å²) < 4.78 is 19.5. The van der Waals surface area contributed by atoms with Gasteiger partial charge in [0.2, 0.25) is 0 Å². The van der Waals surface area contributed by atoms with Crippen LogP contribution in [0.15, 0.2) is 59.3 Å². The van der Waals surface area contributed by atoms with Crippen LogP contribution >= 0.6 is 0 Å². The Balaban J connectivity index is 1.23. The molecule has 226 valence electrons. The Morgan fingerprint density at radius 3 is 2.81 bits per heavy atom. The van der Waals surface area contributed by atoms with Crippen LogP contribution in [0.1, 0.15) is 54.5 Å². The van der Waals surface area contributed by atoms with E-state index >= 15 is 0 Å². The summed E-state index contributed by atoms with van der Waals surface area (Å²) >= 11 is 0. The maximum atomic E-state index is 14.3. The number of hydrogen-bond acceptors (Lipinski definition) is 8. The maximum absolute atomic E-state index is 14.3. The summed E-state index contributed by atoms with van der Waals surface area (Å²) in [6, 6.07) is 15.3. The number of oxazole rings is 1. The van der Waals surface area contributed by atoms with Gasteiger partial charge in [0.1, 0.15) is 17.4 Å². The lowest BCUT2D eigenvalue weighted by atomic mass is 9.91. The predicted molar refractivity (Wildman–Crippen MR) is 161 cm³/mol. The highest BCUT2D eigenvalue weighted by atomic mass is 16.6. The summed E-state index contributed by atoms with van der Waals surface area (Å²) in [5.74, 6) is 1.21. The number of imidazole rings is 1. The normalized spacial score (nSPS) is 20.6. The molecule has 2 N–H and O–H groups in total. The number of amides is 2. The van der Waals surface area contributed by atoms with E-state index in [2.05, 4.69) is 20.2 Å². The van der Waals surface area contributed by atoms with E-state index in [9.17, 15) is 9.59 Å². The van der Waals surface area contributed by atoms with Gasteiger partial charge >= 0.3 is 6.09 Å². The molecule has 11 heteroatoms. The van der Waals surface area contributed by atoms with E-state index in [1.165, 1.54) is 0 Å². The van der Waals surface area contributed by atoms with E-state index in [1.807, 2.05) is 60.4 Å². The van der Waals surface area contributed by atoms with E-state index in [-0.39, 0.29) is 24.1 Å². The Bertz CT molecular complexity index is 1570. The minimum atomic E-state index is -0.448. The van der Waals surface area contributed by atoms with E-state index in [0.29, 0.717) is 55.6 Å². The molecule has 0 radical (unpaired) electrons. The molecule has 4 aromatic rings. The number of benzene rings is 2. The van der Waals surface area contributed by atoms with Gasteiger partial charge in [0.15, 0.2) is 17.2 Å². The third-order valence-corrected chi connectivity index (χ3v) is 8.33. The van der Waals surface area contributed by atoms with Crippen molar-refractivity contribution in [3.63, 3.8) is 0 Å². The van der Waals surface area contributed by atoms with Gasteiger partial charge in [-0.2, -0.15) is 0 Å². The predicted octanol–water partition coefficient (Wildman–Crippen LogP) is 4.72. The molecule has 2 aromatic carbocycles. The van der Waals surface area contributed by atoms with Crippen LogP contribution in [0.4, 0.5) is 4.79 Å². The zero-order chi connectivity index (χ0) is 29.8. The van der Waals surface area contributed by atoms with Crippen LogP contribution in [0.5, 0.6) is 5.75 Å². The molecule has 0 unspecified atom stereocenters. The van der Waals surface area contributed by atoms with Crippen molar-refractivity contribution in [2.24, 2.45) is 0 Å². The summed E-state index contributed by atoms with van der Waals surface area (Å²) in [6.45, 7) is 4.20. The van der Waals surface area contributed by atoms with Crippen molar-refractivity contribution in [2.45, 2.75) is 57.2 Å². The minimum Gasteiger partial charge on any atom is -0.493 e. The monoisotopic (exact) mass is 586 g/mol. The lowest BCUT2D eigenvalue weighted by Gasteiger charge is -2.36. The molecule has 6 rings (SSSR count). The molecule has 3 heterocycles. The van der Waals surface area contributed by atoms with Gasteiger partial charge in [-0.3, -0.25) is 4.79 Å². The number of fused-ring (bicyclic) bond motifs is 1. The molecule has 0 spiro atoms. The lowest BCUT2D eigenvalue weighted by Crippen LogP contribution is -2.54. The lowest BCUT2D eigenvalue weighted by molar-refractivity contribution is 0.0430. The molecule has 2 fully saturated rings. The average Bonchev–Trinajstić information content (AvgIpc) is 3.64. The topological polar surface area (TPSA) is 124 Å². The molecule has 1 aliphatic carbocycles. The second-order valence-electron chi connectivity index (χ2n) is 11.1. The first-order valence-corrected chi connectivity index (χ1v) is 15.0. The Hall–Kier alpha value is -4.38. The molecule has 2 aliphatic rings. The number of carbonyl (C=O) groups is 2. The van der Waals surface area contributed by atoms with Crippen molar-refractivity contribution >= 4 is 23.1 Å². The maximum Gasteiger partial charge on any atom is 0.407 e. The summed E-state index contributed by atoms with van der Waals surface area (Å²) in [5, 5.41) is 5.99. The molecule has 1 saturated heterocycles. The zero-order valence-electron chi connectivity index (χ0n) is 24.6. The first-order chi connectivity index (χ1) is 21.0. The quantitative estimate of drug-likeness (QED) is 0.304.